The number of rotatable bonds is 4. The zero-order chi connectivity index (χ0) is 15.5. The van der Waals surface area contributed by atoms with Gasteiger partial charge in [0.15, 0.2) is 5.82 Å². The van der Waals surface area contributed by atoms with Crippen LogP contribution < -0.4 is 10.2 Å². The second-order valence-corrected chi connectivity index (χ2v) is 5.95. The number of aromatic nitrogens is 4. The molecule has 0 spiro atoms. The van der Waals surface area contributed by atoms with Crippen molar-refractivity contribution in [3.63, 3.8) is 0 Å². The number of imidazole rings is 1. The summed E-state index contributed by atoms with van der Waals surface area (Å²) in [6.45, 7) is 2.80. The molecule has 0 amide bonds. The molecule has 6 heteroatoms. The predicted molar refractivity (Wildman–Crippen MR) is 89.3 cm³/mol. The molecule has 1 aliphatic rings. The van der Waals surface area contributed by atoms with E-state index in [0.717, 1.165) is 36.8 Å². The molecule has 0 saturated carbocycles. The van der Waals surface area contributed by atoms with Crippen molar-refractivity contribution in [1.82, 2.24) is 24.9 Å². The number of pyridine rings is 1. The number of hydrogen-bond donors (Lipinski definition) is 1. The summed E-state index contributed by atoms with van der Waals surface area (Å²) >= 11 is 0. The van der Waals surface area contributed by atoms with Gasteiger partial charge in [-0.05, 0) is 37.1 Å². The highest BCUT2D eigenvalue weighted by atomic mass is 15.3. The summed E-state index contributed by atoms with van der Waals surface area (Å²) in [5, 5.41) is 11.8. The summed E-state index contributed by atoms with van der Waals surface area (Å²) < 4.78 is 2.06. The van der Waals surface area contributed by atoms with E-state index in [1.54, 1.807) is 6.20 Å². The highest BCUT2D eigenvalue weighted by molar-refractivity contribution is 5.39. The van der Waals surface area contributed by atoms with Gasteiger partial charge in [0.2, 0.25) is 0 Å². The van der Waals surface area contributed by atoms with Gasteiger partial charge >= 0.3 is 0 Å². The summed E-state index contributed by atoms with van der Waals surface area (Å²) in [5.41, 5.74) is 2.07. The van der Waals surface area contributed by atoms with Crippen molar-refractivity contribution >= 4 is 11.5 Å². The highest BCUT2D eigenvalue weighted by Gasteiger charge is 2.20. The van der Waals surface area contributed by atoms with E-state index in [4.69, 9.17) is 0 Å². The molecule has 1 aliphatic heterocycles. The Balaban J connectivity index is 1.38. The van der Waals surface area contributed by atoms with Crippen LogP contribution in [0.4, 0.5) is 5.82 Å². The predicted octanol–water partition coefficient (Wildman–Crippen LogP) is 1.88. The number of fused-ring (bicyclic) bond motifs is 1. The van der Waals surface area contributed by atoms with Gasteiger partial charge in [-0.2, -0.15) is 5.10 Å². The number of anilines is 1. The van der Waals surface area contributed by atoms with Crippen molar-refractivity contribution in [1.29, 1.82) is 0 Å². The van der Waals surface area contributed by atoms with Crippen molar-refractivity contribution in [3.05, 3.63) is 54.6 Å². The van der Waals surface area contributed by atoms with Crippen LogP contribution >= 0.6 is 0 Å². The molecule has 0 aliphatic carbocycles. The maximum atomic E-state index is 4.64. The van der Waals surface area contributed by atoms with Crippen molar-refractivity contribution < 1.29 is 0 Å². The largest absolute Gasteiger partial charge is 0.354 e. The van der Waals surface area contributed by atoms with E-state index in [0.29, 0.717) is 6.04 Å². The minimum absolute atomic E-state index is 0.454. The first-order chi connectivity index (χ1) is 11.4. The van der Waals surface area contributed by atoms with Gasteiger partial charge in [0.1, 0.15) is 5.65 Å². The minimum Gasteiger partial charge on any atom is -0.354 e. The number of nitrogens with one attached hydrogen (secondary N) is 1. The molecule has 3 aromatic heterocycles. The van der Waals surface area contributed by atoms with Gasteiger partial charge in [-0.1, -0.05) is 6.07 Å². The van der Waals surface area contributed by atoms with E-state index in [-0.39, 0.29) is 0 Å². The summed E-state index contributed by atoms with van der Waals surface area (Å²) in [6.07, 6.45) is 8.18. The Kier molecular flexibility index (Phi) is 3.90. The van der Waals surface area contributed by atoms with Gasteiger partial charge in [0, 0.05) is 44.3 Å². The molecule has 4 rings (SSSR count). The zero-order valence-electron chi connectivity index (χ0n) is 13.0. The van der Waals surface area contributed by atoms with E-state index >= 15 is 0 Å². The maximum Gasteiger partial charge on any atom is 0.151 e. The molecule has 6 nitrogen and oxygen atoms in total. The Morgan fingerprint density at radius 3 is 3.09 bits per heavy atom. The Morgan fingerprint density at radius 2 is 2.22 bits per heavy atom. The lowest BCUT2D eigenvalue weighted by Gasteiger charge is -2.33. The molecule has 1 saturated heterocycles. The van der Waals surface area contributed by atoms with Gasteiger partial charge in [-0.15, -0.1) is 5.10 Å². The molecule has 0 bridgehead atoms. The second-order valence-electron chi connectivity index (χ2n) is 5.95. The molecule has 0 unspecified atom stereocenters. The maximum absolute atomic E-state index is 4.64. The average molecular weight is 308 g/mol. The monoisotopic (exact) mass is 308 g/mol. The Hall–Kier alpha value is -2.47. The third-order valence-electron chi connectivity index (χ3n) is 4.29. The topological polar surface area (TPSA) is 58.4 Å². The fourth-order valence-electron chi connectivity index (χ4n) is 3.14. The van der Waals surface area contributed by atoms with E-state index in [9.17, 15) is 0 Å². The Bertz CT molecular complexity index is 736. The van der Waals surface area contributed by atoms with E-state index in [1.807, 2.05) is 36.5 Å². The molecule has 4 heterocycles. The quantitative estimate of drug-likeness (QED) is 0.797. The first-order valence-corrected chi connectivity index (χ1v) is 8.07. The first-order valence-electron chi connectivity index (χ1n) is 8.07. The van der Waals surface area contributed by atoms with E-state index in [2.05, 4.69) is 36.0 Å². The van der Waals surface area contributed by atoms with Crippen LogP contribution in [0.25, 0.3) is 5.65 Å². The summed E-state index contributed by atoms with van der Waals surface area (Å²) in [4.78, 5) is 6.94. The lowest BCUT2D eigenvalue weighted by atomic mass is 10.1. The fourth-order valence-corrected chi connectivity index (χ4v) is 3.14. The van der Waals surface area contributed by atoms with Crippen LogP contribution in [0.3, 0.4) is 0 Å². The standard InChI is InChI=1S/C17H20N6/c1-2-9-22-13-15(20-16(22)6-1)11-18-14-5-4-10-23(12-14)17-7-3-8-19-21-17/h1-3,6-9,13-14,18H,4-5,10-12H2/t14-/m1/s1. The number of nitrogens with zero attached hydrogens (tertiary/aromatic N) is 5. The summed E-state index contributed by atoms with van der Waals surface area (Å²) in [6, 6.07) is 10.5. The SMILES string of the molecule is c1cnnc(N2CCC[C@@H](NCc3cn4ccccc4n3)C2)c1. The third kappa shape index (κ3) is 3.17. The van der Waals surface area contributed by atoms with Gasteiger partial charge < -0.3 is 14.6 Å². The number of piperidine rings is 1. The zero-order valence-corrected chi connectivity index (χ0v) is 13.0. The second kappa shape index (κ2) is 6.34. The van der Waals surface area contributed by atoms with Gasteiger partial charge in [0.25, 0.3) is 0 Å². The van der Waals surface area contributed by atoms with Gasteiger partial charge in [-0.25, -0.2) is 4.98 Å². The fraction of sp³-hybridized carbons (Fsp3) is 0.353. The molecule has 0 aromatic carbocycles. The van der Waals surface area contributed by atoms with Gasteiger partial charge in [-0.3, -0.25) is 0 Å². The molecular weight excluding hydrogens is 288 g/mol. The molecule has 1 N–H and O–H groups in total. The lowest BCUT2D eigenvalue weighted by Crippen LogP contribution is -2.45. The van der Waals surface area contributed by atoms with E-state index in [1.165, 1.54) is 12.8 Å². The Morgan fingerprint density at radius 1 is 1.22 bits per heavy atom. The van der Waals surface area contributed by atoms with Crippen LogP contribution in [-0.4, -0.2) is 38.7 Å². The molecular formula is C17H20N6. The smallest absolute Gasteiger partial charge is 0.151 e. The third-order valence-corrected chi connectivity index (χ3v) is 4.29. The molecule has 118 valence electrons. The first kappa shape index (κ1) is 14.1. The summed E-state index contributed by atoms with van der Waals surface area (Å²) in [5.74, 6) is 0.965. The molecule has 0 radical (unpaired) electrons. The highest BCUT2D eigenvalue weighted by Crippen LogP contribution is 2.17. The van der Waals surface area contributed by atoms with Crippen molar-refractivity contribution in [3.8, 4) is 0 Å². The Labute approximate surface area is 135 Å². The van der Waals surface area contributed by atoms with E-state index < -0.39 is 0 Å². The average Bonchev–Trinajstić information content (AvgIpc) is 3.04. The normalized spacial score (nSPS) is 18.4. The molecule has 1 atom stereocenters. The van der Waals surface area contributed by atoms with Crippen LogP contribution in [0, 0.1) is 0 Å². The van der Waals surface area contributed by atoms with Crippen molar-refractivity contribution in [2.45, 2.75) is 25.4 Å². The van der Waals surface area contributed by atoms with Crippen LogP contribution in [-0.2, 0) is 6.54 Å². The van der Waals surface area contributed by atoms with Gasteiger partial charge in [0.05, 0.1) is 5.69 Å². The summed E-state index contributed by atoms with van der Waals surface area (Å²) in [7, 11) is 0. The molecule has 3 aromatic rings. The number of hydrogen-bond acceptors (Lipinski definition) is 5. The van der Waals surface area contributed by atoms with Crippen LogP contribution in [0.2, 0.25) is 0 Å². The molecule has 23 heavy (non-hydrogen) atoms. The van der Waals surface area contributed by atoms with Crippen LogP contribution in [0.1, 0.15) is 18.5 Å². The minimum atomic E-state index is 0.454. The lowest BCUT2D eigenvalue weighted by molar-refractivity contribution is 0.418. The molecule has 1 fully saturated rings. The van der Waals surface area contributed by atoms with Crippen LogP contribution in [0.5, 0.6) is 0 Å². The van der Waals surface area contributed by atoms with Crippen LogP contribution in [0.15, 0.2) is 48.9 Å². The van der Waals surface area contributed by atoms with Crippen molar-refractivity contribution in [2.75, 3.05) is 18.0 Å². The van der Waals surface area contributed by atoms with Crippen molar-refractivity contribution in [2.24, 2.45) is 0 Å².